The van der Waals surface area contributed by atoms with Gasteiger partial charge in [-0.05, 0) is 68.1 Å². The fourth-order valence-corrected chi connectivity index (χ4v) is 5.09. The monoisotopic (exact) mass is 356 g/mol. The summed E-state index contributed by atoms with van der Waals surface area (Å²) in [5.74, 6) is 6.54. The van der Waals surface area contributed by atoms with E-state index in [1.807, 2.05) is 4.68 Å². The van der Waals surface area contributed by atoms with Crippen LogP contribution in [0.4, 0.5) is 0 Å². The zero-order valence-electron chi connectivity index (χ0n) is 15.1. The van der Waals surface area contributed by atoms with Crippen LogP contribution in [0.3, 0.4) is 0 Å². The lowest BCUT2D eigenvalue weighted by molar-refractivity contribution is 1.12. The molecule has 0 radical (unpaired) electrons. The Hall–Kier alpha value is -3.78. The van der Waals surface area contributed by atoms with Gasteiger partial charge in [-0.2, -0.15) is 0 Å². The second-order valence-electron chi connectivity index (χ2n) is 7.68. The predicted molar refractivity (Wildman–Crippen MR) is 119 cm³/mol. The van der Waals surface area contributed by atoms with Gasteiger partial charge < -0.3 is 5.84 Å². The quantitative estimate of drug-likeness (QED) is 0.311. The molecular formula is C26H16N2. The van der Waals surface area contributed by atoms with Crippen LogP contribution in [0.5, 0.6) is 0 Å². The first kappa shape index (κ1) is 14.3. The summed E-state index contributed by atoms with van der Waals surface area (Å²) >= 11 is 0. The maximum atomic E-state index is 6.54. The van der Waals surface area contributed by atoms with Crippen molar-refractivity contribution in [1.29, 1.82) is 0 Å². The van der Waals surface area contributed by atoms with Crippen LogP contribution in [0, 0.1) is 0 Å². The number of hydrogen-bond donors (Lipinski definition) is 1. The Morgan fingerprint density at radius 1 is 0.464 bits per heavy atom. The molecule has 0 spiro atoms. The molecule has 0 saturated carbocycles. The molecule has 1 aliphatic carbocycles. The molecule has 130 valence electrons. The van der Waals surface area contributed by atoms with Crippen molar-refractivity contribution < 1.29 is 0 Å². The van der Waals surface area contributed by atoms with E-state index in [0.29, 0.717) is 0 Å². The fraction of sp³-hybridized carbons (Fsp3) is 0. The second kappa shape index (κ2) is 4.73. The molecular weight excluding hydrogens is 340 g/mol. The number of nitrogen functional groups attached to an aromatic ring is 1. The summed E-state index contributed by atoms with van der Waals surface area (Å²) in [7, 11) is 0. The molecule has 1 heterocycles. The first-order valence-electron chi connectivity index (χ1n) is 9.59. The Kier molecular flexibility index (Phi) is 2.42. The number of benzene rings is 5. The predicted octanol–water partition coefficient (Wildman–Crippen LogP) is 6.46. The van der Waals surface area contributed by atoms with Gasteiger partial charge in [0.25, 0.3) is 0 Å². The molecule has 2 heteroatoms. The van der Waals surface area contributed by atoms with Crippen LogP contribution in [-0.4, -0.2) is 4.68 Å². The highest BCUT2D eigenvalue weighted by molar-refractivity contribution is 6.30. The molecule has 5 aromatic carbocycles. The minimum absolute atomic E-state index is 1.08. The van der Waals surface area contributed by atoms with Gasteiger partial charge in [0.15, 0.2) is 0 Å². The Morgan fingerprint density at radius 2 is 1.07 bits per heavy atom. The van der Waals surface area contributed by atoms with E-state index < -0.39 is 0 Å². The molecule has 2 nitrogen and oxygen atoms in total. The Bertz CT molecular complexity index is 1620. The van der Waals surface area contributed by atoms with Crippen LogP contribution >= 0.6 is 0 Å². The van der Waals surface area contributed by atoms with Gasteiger partial charge in [-0.3, -0.25) is 4.68 Å². The van der Waals surface area contributed by atoms with E-state index in [9.17, 15) is 0 Å². The minimum atomic E-state index is 1.08. The third-order valence-electron chi connectivity index (χ3n) is 6.30. The van der Waals surface area contributed by atoms with Gasteiger partial charge in [-0.15, -0.1) is 0 Å². The van der Waals surface area contributed by atoms with Gasteiger partial charge in [-0.25, -0.2) is 0 Å². The van der Waals surface area contributed by atoms with Crippen molar-refractivity contribution in [3.63, 3.8) is 0 Å². The minimum Gasteiger partial charge on any atom is -0.339 e. The molecule has 0 saturated heterocycles. The molecule has 0 fully saturated rings. The summed E-state index contributed by atoms with van der Waals surface area (Å²) in [6.07, 6.45) is 0. The number of hydrogen-bond acceptors (Lipinski definition) is 1. The van der Waals surface area contributed by atoms with Crippen LogP contribution in [-0.2, 0) is 0 Å². The summed E-state index contributed by atoms with van der Waals surface area (Å²) in [6, 6.07) is 30.7. The van der Waals surface area contributed by atoms with Crippen LogP contribution in [0.15, 0.2) is 84.9 Å². The highest BCUT2D eigenvalue weighted by Gasteiger charge is 2.23. The summed E-state index contributed by atoms with van der Waals surface area (Å²) in [6.45, 7) is 0. The summed E-state index contributed by atoms with van der Waals surface area (Å²) in [5.41, 5.74) is 7.28. The van der Waals surface area contributed by atoms with E-state index in [1.165, 1.54) is 54.6 Å². The van der Waals surface area contributed by atoms with E-state index >= 15 is 0 Å². The van der Waals surface area contributed by atoms with Crippen LogP contribution < -0.4 is 5.84 Å². The highest BCUT2D eigenvalue weighted by Crippen LogP contribution is 2.49. The number of fused-ring (bicyclic) bond motifs is 4. The lowest BCUT2D eigenvalue weighted by Gasteiger charge is -2.14. The molecule has 0 amide bonds. The van der Waals surface area contributed by atoms with Crippen molar-refractivity contribution in [2.24, 2.45) is 0 Å². The maximum Gasteiger partial charge on any atom is 0.0710 e. The van der Waals surface area contributed by atoms with Crippen LogP contribution in [0.1, 0.15) is 0 Å². The first-order chi connectivity index (χ1) is 13.8. The number of rotatable bonds is 0. The largest absolute Gasteiger partial charge is 0.339 e. The number of aromatic nitrogens is 1. The standard InChI is InChI=1S/C26H16N2/c27-28-22-10-4-9-19-21-14-17-6-2-1-5-16(17)13-20(21)18-8-3-7-15-11-12-23(28)26(24(15)18)25(19)22/h1-14H,27H2. The average Bonchev–Trinajstić information content (AvgIpc) is 2.98. The normalized spacial score (nSPS) is 12.4. The topological polar surface area (TPSA) is 30.9 Å². The third kappa shape index (κ3) is 1.55. The first-order valence-corrected chi connectivity index (χ1v) is 9.59. The SMILES string of the molecule is Nn1c2cccc3c2c2c4c(cccc4ccc21)-c1cc2ccccc2cc1-3. The van der Waals surface area contributed by atoms with Gasteiger partial charge in [-0.1, -0.05) is 60.7 Å². The van der Waals surface area contributed by atoms with Crippen LogP contribution in [0.25, 0.3) is 65.6 Å². The lowest BCUT2D eigenvalue weighted by atomic mass is 9.91. The molecule has 0 bridgehead atoms. The smallest absolute Gasteiger partial charge is 0.0710 e. The van der Waals surface area contributed by atoms with Crippen LogP contribution in [0.2, 0.25) is 0 Å². The van der Waals surface area contributed by atoms with Gasteiger partial charge >= 0.3 is 0 Å². The average molecular weight is 356 g/mol. The van der Waals surface area contributed by atoms with Crippen molar-refractivity contribution in [2.75, 3.05) is 5.84 Å². The van der Waals surface area contributed by atoms with E-state index in [-0.39, 0.29) is 0 Å². The van der Waals surface area contributed by atoms with E-state index in [4.69, 9.17) is 5.84 Å². The van der Waals surface area contributed by atoms with Crippen molar-refractivity contribution >= 4 is 43.4 Å². The zero-order chi connectivity index (χ0) is 18.4. The number of nitrogens with zero attached hydrogens (tertiary/aromatic N) is 1. The molecule has 1 aliphatic rings. The zero-order valence-corrected chi connectivity index (χ0v) is 15.1. The Balaban J connectivity index is 1.87. The van der Waals surface area contributed by atoms with Crippen molar-refractivity contribution in [3.05, 3.63) is 84.9 Å². The van der Waals surface area contributed by atoms with Crippen molar-refractivity contribution in [3.8, 4) is 22.3 Å². The van der Waals surface area contributed by atoms with E-state index in [2.05, 4.69) is 84.9 Å². The summed E-state index contributed by atoms with van der Waals surface area (Å²) in [5, 5.41) is 7.62. The van der Waals surface area contributed by atoms with Crippen molar-refractivity contribution in [2.45, 2.75) is 0 Å². The maximum absolute atomic E-state index is 6.54. The van der Waals surface area contributed by atoms with Gasteiger partial charge in [0.1, 0.15) is 0 Å². The molecule has 2 N–H and O–H groups in total. The molecule has 0 unspecified atom stereocenters. The molecule has 28 heavy (non-hydrogen) atoms. The van der Waals surface area contributed by atoms with E-state index in [1.54, 1.807) is 0 Å². The fourth-order valence-electron chi connectivity index (χ4n) is 5.09. The van der Waals surface area contributed by atoms with Gasteiger partial charge in [0, 0.05) is 10.8 Å². The second-order valence-corrected chi connectivity index (χ2v) is 7.68. The Morgan fingerprint density at radius 3 is 1.82 bits per heavy atom. The third-order valence-corrected chi connectivity index (χ3v) is 6.30. The summed E-state index contributed by atoms with van der Waals surface area (Å²) < 4.78 is 1.84. The molecule has 1 aromatic heterocycles. The van der Waals surface area contributed by atoms with E-state index in [0.717, 1.165) is 11.0 Å². The molecule has 0 aliphatic heterocycles. The summed E-state index contributed by atoms with van der Waals surface area (Å²) in [4.78, 5) is 0. The van der Waals surface area contributed by atoms with Gasteiger partial charge in [0.2, 0.25) is 0 Å². The lowest BCUT2D eigenvalue weighted by Crippen LogP contribution is -2.06. The Labute approximate surface area is 161 Å². The van der Waals surface area contributed by atoms with Gasteiger partial charge in [0.05, 0.1) is 11.0 Å². The number of nitrogens with two attached hydrogens (primary N) is 1. The molecule has 7 rings (SSSR count). The van der Waals surface area contributed by atoms with Crippen molar-refractivity contribution in [1.82, 2.24) is 4.68 Å². The molecule has 6 aromatic rings. The molecule has 0 atom stereocenters. The highest BCUT2D eigenvalue weighted by atomic mass is 15.3.